The molecule has 2 aromatic heterocycles. The highest BCUT2D eigenvalue weighted by atomic mass is 16.4. The van der Waals surface area contributed by atoms with E-state index in [-0.39, 0.29) is 0 Å². The van der Waals surface area contributed by atoms with Crippen molar-refractivity contribution in [1.82, 2.24) is 9.13 Å². The minimum absolute atomic E-state index is 0.380. The second-order valence-electron chi connectivity index (χ2n) is 7.23. The van der Waals surface area contributed by atoms with Crippen molar-refractivity contribution in [1.29, 1.82) is 0 Å². The fraction of sp³-hybridized carbons (Fsp3) is 0.346. The van der Waals surface area contributed by atoms with Crippen LogP contribution in [0.2, 0.25) is 0 Å². The zero-order valence-electron chi connectivity index (χ0n) is 18.9. The Hall–Kier alpha value is -3.01. The number of hydrogen-bond acceptors (Lipinski definition) is 1. The zero-order valence-corrected chi connectivity index (χ0v) is 18.9. The van der Waals surface area contributed by atoms with Gasteiger partial charge in [-0.2, -0.15) is 0 Å². The van der Waals surface area contributed by atoms with Gasteiger partial charge in [0, 0.05) is 34.9 Å². The van der Waals surface area contributed by atoms with Crippen LogP contribution >= 0.6 is 0 Å². The van der Waals surface area contributed by atoms with E-state index in [1.165, 1.54) is 27.7 Å². The molecule has 0 saturated heterocycles. The molecule has 4 aromatic rings. The predicted octanol–water partition coefficient (Wildman–Crippen LogP) is 7.03. The van der Waals surface area contributed by atoms with Gasteiger partial charge in [0.2, 0.25) is 0 Å². The number of aromatic nitrogens is 2. The molecule has 0 amide bonds. The Bertz CT molecular complexity index is 1210. The maximum atomic E-state index is 11.7. The van der Waals surface area contributed by atoms with E-state index in [2.05, 4.69) is 42.7 Å². The van der Waals surface area contributed by atoms with Gasteiger partial charge in [0.25, 0.3) is 0 Å². The van der Waals surface area contributed by atoms with Crippen molar-refractivity contribution in [3.8, 4) is 11.3 Å². The van der Waals surface area contributed by atoms with Crippen LogP contribution in [0.3, 0.4) is 0 Å². The Balaban J connectivity index is 0.000000606. The molecule has 4 nitrogen and oxygen atoms in total. The third kappa shape index (κ3) is 3.30. The van der Waals surface area contributed by atoms with E-state index in [4.69, 9.17) is 0 Å². The molecule has 5 rings (SSSR count). The molecule has 1 N–H and O–H groups in total. The lowest BCUT2D eigenvalue weighted by Crippen LogP contribution is -2.13. The summed E-state index contributed by atoms with van der Waals surface area (Å²) in [4.78, 5) is 11.7. The standard InChI is InChI=1S/C22H20N2O2.2C2H6/c1-13-7-8-16-14(2)20-17-6-3-5-15-12-19(22(25)26)24(21(15)17)10-4-9-23(20)18(16)11-13;2*1-2/h3,5-8,11-12H,4,9-10H2,1-2H3,(H,25,26);2*1-2H3. The van der Waals surface area contributed by atoms with Gasteiger partial charge >= 0.3 is 5.97 Å². The number of rotatable bonds is 1. The lowest BCUT2D eigenvalue weighted by molar-refractivity contribution is 0.0685. The summed E-state index contributed by atoms with van der Waals surface area (Å²) in [6.07, 6.45) is 0.905. The molecular weight excluding hydrogens is 372 g/mol. The highest BCUT2D eigenvalue weighted by Gasteiger charge is 2.24. The first kappa shape index (κ1) is 21.7. The molecule has 0 spiro atoms. The smallest absolute Gasteiger partial charge is 0.352 e. The minimum Gasteiger partial charge on any atom is -0.477 e. The summed E-state index contributed by atoms with van der Waals surface area (Å²) in [6.45, 7) is 13.9. The molecule has 1 aliphatic rings. The Morgan fingerprint density at radius 3 is 2.33 bits per heavy atom. The van der Waals surface area contributed by atoms with Gasteiger partial charge in [-0.05, 0) is 43.5 Å². The van der Waals surface area contributed by atoms with Crippen molar-refractivity contribution >= 4 is 27.8 Å². The lowest BCUT2D eigenvalue weighted by Gasteiger charge is -2.19. The molecular formula is C26H32N2O2. The number of para-hydroxylation sites is 1. The van der Waals surface area contributed by atoms with Crippen LogP contribution in [0.4, 0.5) is 0 Å². The van der Waals surface area contributed by atoms with Gasteiger partial charge in [0.05, 0.1) is 11.2 Å². The molecule has 4 heteroatoms. The van der Waals surface area contributed by atoms with E-state index < -0.39 is 5.97 Å². The van der Waals surface area contributed by atoms with Crippen LogP contribution in [-0.2, 0) is 13.1 Å². The van der Waals surface area contributed by atoms with Crippen LogP contribution in [0, 0.1) is 13.8 Å². The normalized spacial score (nSPS) is 12.2. The Labute approximate surface area is 178 Å². The number of carbonyl (C=O) groups is 1. The quantitative estimate of drug-likeness (QED) is 0.370. The van der Waals surface area contributed by atoms with Gasteiger partial charge in [0.1, 0.15) is 5.69 Å². The van der Waals surface area contributed by atoms with Crippen LogP contribution in [0.25, 0.3) is 33.1 Å². The van der Waals surface area contributed by atoms with Crippen LogP contribution in [0.5, 0.6) is 0 Å². The summed E-state index contributed by atoms with van der Waals surface area (Å²) in [5.41, 5.74) is 7.55. The Morgan fingerprint density at radius 2 is 1.63 bits per heavy atom. The fourth-order valence-electron chi connectivity index (χ4n) is 4.52. The number of benzene rings is 2. The third-order valence-electron chi connectivity index (χ3n) is 5.63. The second-order valence-corrected chi connectivity index (χ2v) is 7.23. The van der Waals surface area contributed by atoms with Crippen LogP contribution < -0.4 is 0 Å². The first-order valence-electron chi connectivity index (χ1n) is 11.0. The van der Waals surface area contributed by atoms with Crippen molar-refractivity contribution < 1.29 is 9.90 Å². The lowest BCUT2D eigenvalue weighted by atomic mass is 10.0. The van der Waals surface area contributed by atoms with Crippen molar-refractivity contribution in [2.24, 2.45) is 0 Å². The topological polar surface area (TPSA) is 47.2 Å². The van der Waals surface area contributed by atoms with Crippen molar-refractivity contribution in [3.63, 3.8) is 0 Å². The van der Waals surface area contributed by atoms with Gasteiger partial charge < -0.3 is 14.2 Å². The first-order valence-corrected chi connectivity index (χ1v) is 11.0. The molecule has 0 atom stereocenters. The number of aryl methyl sites for hydroxylation is 4. The van der Waals surface area contributed by atoms with Crippen molar-refractivity contribution in [3.05, 3.63) is 59.3 Å². The molecule has 1 aliphatic heterocycles. The largest absolute Gasteiger partial charge is 0.477 e. The number of carboxylic acid groups (broad SMARTS) is 1. The Morgan fingerprint density at radius 1 is 0.933 bits per heavy atom. The SMILES string of the molecule is CC.CC.Cc1ccc2c(C)c3n(c2c1)CCCn1c(C(=O)O)cc2cccc-3c21. The third-order valence-corrected chi connectivity index (χ3v) is 5.63. The van der Waals surface area contributed by atoms with Crippen LogP contribution in [0.15, 0.2) is 42.5 Å². The molecule has 3 heterocycles. The van der Waals surface area contributed by atoms with Gasteiger partial charge in [-0.1, -0.05) is 58.0 Å². The maximum absolute atomic E-state index is 11.7. The van der Waals surface area contributed by atoms with E-state index >= 15 is 0 Å². The molecule has 0 fully saturated rings. The van der Waals surface area contributed by atoms with E-state index in [1.54, 1.807) is 6.07 Å². The van der Waals surface area contributed by atoms with E-state index in [9.17, 15) is 9.90 Å². The van der Waals surface area contributed by atoms with E-state index in [0.717, 1.165) is 29.4 Å². The molecule has 30 heavy (non-hydrogen) atoms. The number of nitrogens with zero attached hydrogens (tertiary/aromatic N) is 2. The minimum atomic E-state index is -0.861. The molecule has 2 aromatic carbocycles. The first-order chi connectivity index (χ1) is 14.6. The summed E-state index contributed by atoms with van der Waals surface area (Å²) in [5, 5.41) is 11.9. The second kappa shape index (κ2) is 8.78. The molecule has 0 saturated carbocycles. The van der Waals surface area contributed by atoms with Crippen LogP contribution in [0.1, 0.15) is 55.7 Å². The number of hydrogen-bond donors (Lipinski definition) is 1. The fourth-order valence-corrected chi connectivity index (χ4v) is 4.52. The highest BCUT2D eigenvalue weighted by molar-refractivity contribution is 6.03. The molecule has 0 aliphatic carbocycles. The molecule has 0 unspecified atom stereocenters. The van der Waals surface area contributed by atoms with Crippen LogP contribution in [-0.4, -0.2) is 20.2 Å². The van der Waals surface area contributed by atoms with Gasteiger partial charge in [-0.15, -0.1) is 0 Å². The van der Waals surface area contributed by atoms with E-state index in [0.29, 0.717) is 12.2 Å². The highest BCUT2D eigenvalue weighted by Crippen LogP contribution is 2.39. The number of carboxylic acids is 1. The maximum Gasteiger partial charge on any atom is 0.352 e. The Kier molecular flexibility index (Phi) is 6.35. The molecule has 0 radical (unpaired) electrons. The average molecular weight is 405 g/mol. The summed E-state index contributed by atoms with van der Waals surface area (Å²) in [5.74, 6) is -0.861. The van der Waals surface area contributed by atoms with Gasteiger partial charge in [-0.25, -0.2) is 4.79 Å². The summed E-state index contributed by atoms with van der Waals surface area (Å²) in [7, 11) is 0. The predicted molar refractivity (Wildman–Crippen MR) is 127 cm³/mol. The summed E-state index contributed by atoms with van der Waals surface area (Å²) in [6, 6.07) is 14.6. The zero-order chi connectivity index (χ0) is 22.0. The number of fused-ring (bicyclic) bond motifs is 4. The summed E-state index contributed by atoms with van der Waals surface area (Å²) < 4.78 is 4.40. The van der Waals surface area contributed by atoms with Crippen molar-refractivity contribution in [2.75, 3.05) is 0 Å². The summed E-state index contributed by atoms with van der Waals surface area (Å²) >= 11 is 0. The molecule has 158 valence electrons. The van der Waals surface area contributed by atoms with Gasteiger partial charge in [-0.3, -0.25) is 0 Å². The molecule has 0 bridgehead atoms. The van der Waals surface area contributed by atoms with Gasteiger partial charge in [0.15, 0.2) is 0 Å². The monoisotopic (exact) mass is 404 g/mol. The van der Waals surface area contributed by atoms with E-state index in [1.807, 2.05) is 44.4 Å². The average Bonchev–Trinajstić information content (AvgIpc) is 3.25. The number of aromatic carboxylic acids is 1. The van der Waals surface area contributed by atoms with Crippen molar-refractivity contribution in [2.45, 2.75) is 61.1 Å².